The molecule has 3 heterocycles. The second kappa shape index (κ2) is 12.2. The Morgan fingerprint density at radius 3 is 2.29 bits per heavy atom. The molecule has 0 bridgehead atoms. The van der Waals surface area contributed by atoms with Crippen LogP contribution in [0, 0.1) is 5.82 Å². The van der Waals surface area contributed by atoms with Crippen LogP contribution in [0.2, 0.25) is 0 Å². The number of piperidine rings is 1. The van der Waals surface area contributed by atoms with Gasteiger partial charge in [0.2, 0.25) is 6.17 Å². The maximum absolute atomic E-state index is 13.7. The Morgan fingerprint density at radius 2 is 1.60 bits per heavy atom. The molecule has 2 fully saturated rings. The van der Waals surface area contributed by atoms with Crippen LogP contribution in [-0.4, -0.2) is 78.0 Å². The monoisotopic (exact) mass is 622 g/mol. The largest absolute Gasteiger partial charge is 0.406 e. The van der Waals surface area contributed by atoms with Crippen LogP contribution in [0.15, 0.2) is 83.9 Å². The van der Waals surface area contributed by atoms with Crippen LogP contribution in [0.25, 0.3) is 0 Å². The summed E-state index contributed by atoms with van der Waals surface area (Å²) < 4.78 is 54.4. The molecule has 3 aromatic rings. The third-order valence-corrected chi connectivity index (χ3v) is 8.26. The van der Waals surface area contributed by atoms with Gasteiger partial charge in [0.05, 0.1) is 17.4 Å². The Balaban J connectivity index is 1.18. The number of nitrogens with zero attached hydrogens (tertiary/aromatic N) is 4. The van der Waals surface area contributed by atoms with Crippen molar-refractivity contribution in [3.05, 3.63) is 101 Å². The van der Waals surface area contributed by atoms with Crippen LogP contribution in [0.3, 0.4) is 0 Å². The number of para-hydroxylation sites is 1. The van der Waals surface area contributed by atoms with Gasteiger partial charge in [-0.3, -0.25) is 9.69 Å². The molecule has 3 aliphatic heterocycles. The minimum atomic E-state index is -4.70. The molecule has 2 saturated heterocycles. The van der Waals surface area contributed by atoms with Crippen LogP contribution >= 0.6 is 0 Å². The van der Waals surface area contributed by atoms with E-state index in [2.05, 4.69) is 15.6 Å². The summed E-state index contributed by atoms with van der Waals surface area (Å²) >= 11 is 0. The van der Waals surface area contributed by atoms with Gasteiger partial charge in [0.1, 0.15) is 12.4 Å². The number of rotatable bonds is 5. The number of carbonyl (C=O) groups is 3. The summed E-state index contributed by atoms with van der Waals surface area (Å²) in [5.41, 5.74) is 2.03. The summed E-state index contributed by atoms with van der Waals surface area (Å²) in [6, 6.07) is 19.6. The third-order valence-electron chi connectivity index (χ3n) is 8.26. The number of hydrogen-bond donors (Lipinski definition) is 2. The molecule has 3 aromatic carbocycles. The summed E-state index contributed by atoms with van der Waals surface area (Å²) in [6.45, 7) is -0.645. The molecule has 0 aromatic heterocycles. The maximum Gasteiger partial charge on any atom is 0.406 e. The van der Waals surface area contributed by atoms with E-state index >= 15 is 0 Å². The lowest BCUT2D eigenvalue weighted by Crippen LogP contribution is -2.55. The molecule has 9 nitrogen and oxygen atoms in total. The molecule has 3 aliphatic rings. The molecule has 5 amide bonds. The normalized spacial score (nSPS) is 20.8. The van der Waals surface area contributed by atoms with E-state index in [4.69, 9.17) is 0 Å². The average molecular weight is 623 g/mol. The van der Waals surface area contributed by atoms with Gasteiger partial charge >= 0.3 is 18.2 Å². The lowest BCUT2D eigenvalue weighted by Gasteiger charge is -2.36. The van der Waals surface area contributed by atoms with Gasteiger partial charge < -0.3 is 20.4 Å². The SMILES string of the molecule is O=C(N[C@@H]1N=C(c2ccccc2)c2ccccc2N(CC(F)(F)F)C1=O)N1CCC(N2CC(c3ccc(F)cc3)NC2=O)CC1. The first-order valence-electron chi connectivity index (χ1n) is 14.6. The summed E-state index contributed by atoms with van der Waals surface area (Å²) in [5.74, 6) is -1.37. The summed E-state index contributed by atoms with van der Waals surface area (Å²) in [6.07, 6.45) is -5.39. The highest BCUT2D eigenvalue weighted by Crippen LogP contribution is 2.31. The fourth-order valence-corrected chi connectivity index (χ4v) is 6.04. The van der Waals surface area contributed by atoms with E-state index in [0.717, 1.165) is 5.56 Å². The first kappa shape index (κ1) is 30.1. The fourth-order valence-electron chi connectivity index (χ4n) is 6.04. The molecule has 2 N–H and O–H groups in total. The van der Waals surface area contributed by atoms with Gasteiger partial charge in [-0.1, -0.05) is 60.7 Å². The molecule has 13 heteroatoms. The first-order valence-corrected chi connectivity index (χ1v) is 14.6. The standard InChI is InChI=1S/C32H30F4N6O3/c33-22-12-10-20(11-13-22)25-18-41(31(45)37-25)23-14-16-40(17-15-23)30(44)39-28-29(43)42(19-32(34,35)36)26-9-5-4-8-24(26)27(38-28)21-6-2-1-3-7-21/h1-13,23,25,28H,14-19H2,(H,37,45)(H,39,44)/t25?,28-/m0/s1. The summed E-state index contributed by atoms with van der Waals surface area (Å²) in [7, 11) is 0. The van der Waals surface area contributed by atoms with Gasteiger partial charge in [-0.15, -0.1) is 0 Å². The molecule has 2 atom stereocenters. The van der Waals surface area contributed by atoms with Crippen molar-refractivity contribution in [1.82, 2.24) is 20.4 Å². The molecule has 0 spiro atoms. The zero-order valence-electron chi connectivity index (χ0n) is 24.0. The van der Waals surface area contributed by atoms with Crippen molar-refractivity contribution in [3.8, 4) is 0 Å². The number of halogens is 4. The van der Waals surface area contributed by atoms with E-state index in [-0.39, 0.29) is 48.4 Å². The van der Waals surface area contributed by atoms with Gasteiger partial charge in [0.25, 0.3) is 5.91 Å². The summed E-state index contributed by atoms with van der Waals surface area (Å²) in [5, 5.41) is 5.49. The third kappa shape index (κ3) is 6.47. The van der Waals surface area contributed by atoms with Gasteiger partial charge in [-0.2, -0.15) is 13.2 Å². The van der Waals surface area contributed by atoms with E-state index < -0.39 is 30.8 Å². The zero-order valence-corrected chi connectivity index (χ0v) is 24.0. The van der Waals surface area contributed by atoms with Crippen molar-refractivity contribution in [2.45, 2.75) is 37.3 Å². The molecular formula is C32H30F4N6O3. The van der Waals surface area contributed by atoms with Crippen LogP contribution in [0.1, 0.15) is 35.6 Å². The van der Waals surface area contributed by atoms with Crippen molar-refractivity contribution in [2.24, 2.45) is 4.99 Å². The number of anilines is 1. The molecule has 0 radical (unpaired) electrons. The van der Waals surface area contributed by atoms with Crippen LogP contribution < -0.4 is 15.5 Å². The molecule has 0 aliphatic carbocycles. The first-order chi connectivity index (χ1) is 21.6. The Kier molecular flexibility index (Phi) is 8.17. The Hall–Kier alpha value is -4.94. The number of urea groups is 2. The van der Waals surface area contributed by atoms with Gasteiger partial charge in [0.15, 0.2) is 0 Å². The van der Waals surface area contributed by atoms with Crippen LogP contribution in [0.5, 0.6) is 0 Å². The van der Waals surface area contributed by atoms with Crippen molar-refractivity contribution in [1.29, 1.82) is 0 Å². The smallest absolute Gasteiger partial charge is 0.329 e. The summed E-state index contributed by atoms with van der Waals surface area (Å²) in [4.78, 5) is 48.1. The van der Waals surface area contributed by atoms with Crippen LogP contribution in [0.4, 0.5) is 32.8 Å². The van der Waals surface area contributed by atoms with Gasteiger partial charge in [-0.05, 0) is 36.6 Å². The number of benzene rings is 3. The Morgan fingerprint density at radius 1 is 0.933 bits per heavy atom. The van der Waals surface area contributed by atoms with Gasteiger partial charge in [-0.25, -0.2) is 19.0 Å². The number of aliphatic imine (C=N–C) groups is 1. The van der Waals surface area contributed by atoms with Gasteiger partial charge in [0, 0.05) is 36.8 Å². The topological polar surface area (TPSA) is 97.3 Å². The number of fused-ring (bicyclic) bond motifs is 1. The second-order valence-corrected chi connectivity index (χ2v) is 11.2. The van der Waals surface area contributed by atoms with E-state index in [1.54, 1.807) is 65.6 Å². The van der Waals surface area contributed by atoms with E-state index in [1.807, 2.05) is 0 Å². The van der Waals surface area contributed by atoms with Crippen molar-refractivity contribution in [2.75, 3.05) is 31.1 Å². The van der Waals surface area contributed by atoms with Crippen molar-refractivity contribution in [3.63, 3.8) is 0 Å². The number of hydrogen-bond acceptors (Lipinski definition) is 4. The molecular weight excluding hydrogens is 592 g/mol. The molecule has 6 rings (SSSR count). The molecule has 0 saturated carbocycles. The lowest BCUT2D eigenvalue weighted by atomic mass is 10.0. The predicted octanol–water partition coefficient (Wildman–Crippen LogP) is 4.84. The van der Waals surface area contributed by atoms with Crippen molar-refractivity contribution >= 4 is 29.4 Å². The number of likely N-dealkylation sites (tertiary alicyclic amines) is 1. The zero-order chi connectivity index (χ0) is 31.7. The minimum absolute atomic E-state index is 0.0443. The second-order valence-electron chi connectivity index (χ2n) is 11.2. The minimum Gasteiger partial charge on any atom is -0.329 e. The highest BCUT2D eigenvalue weighted by atomic mass is 19.4. The van der Waals surface area contributed by atoms with Crippen molar-refractivity contribution < 1.29 is 31.9 Å². The van der Waals surface area contributed by atoms with Crippen LogP contribution in [-0.2, 0) is 4.79 Å². The highest BCUT2D eigenvalue weighted by molar-refractivity contribution is 6.20. The average Bonchev–Trinajstić information content (AvgIpc) is 3.38. The number of alkyl halides is 3. The number of benzodiazepines with no additional fused rings is 1. The maximum atomic E-state index is 13.7. The molecule has 1 unspecified atom stereocenters. The Bertz CT molecular complexity index is 1610. The lowest BCUT2D eigenvalue weighted by molar-refractivity contribution is -0.133. The van der Waals surface area contributed by atoms with E-state index in [1.165, 1.54) is 23.1 Å². The fraction of sp³-hybridized carbons (Fsp3) is 0.312. The molecule has 45 heavy (non-hydrogen) atoms. The number of nitrogens with one attached hydrogen (secondary N) is 2. The van der Waals surface area contributed by atoms with E-state index in [9.17, 15) is 31.9 Å². The molecule has 234 valence electrons. The number of carbonyl (C=O) groups excluding carboxylic acids is 3. The highest BCUT2D eigenvalue weighted by Gasteiger charge is 2.41. The Labute approximate surface area is 256 Å². The van der Waals surface area contributed by atoms with E-state index in [0.29, 0.717) is 35.4 Å². The predicted molar refractivity (Wildman–Crippen MR) is 158 cm³/mol. The quantitative estimate of drug-likeness (QED) is 0.399. The number of amides is 5.